The summed E-state index contributed by atoms with van der Waals surface area (Å²) in [6.07, 6.45) is 1.02. The first kappa shape index (κ1) is 31.0. The van der Waals surface area contributed by atoms with E-state index in [0.717, 1.165) is 11.3 Å². The van der Waals surface area contributed by atoms with E-state index in [9.17, 15) is 14.4 Å². The third-order valence-corrected chi connectivity index (χ3v) is 7.01. The number of rotatable bonds is 14. The van der Waals surface area contributed by atoms with Gasteiger partial charge in [0.2, 0.25) is 5.91 Å². The van der Waals surface area contributed by atoms with Crippen LogP contribution in [0.5, 0.6) is 5.75 Å². The normalized spacial score (nSPS) is 11.4. The highest BCUT2D eigenvalue weighted by Gasteiger charge is 2.23. The maximum Gasteiger partial charge on any atom is 0.328 e. The number of ether oxygens (including phenoxy) is 2. The van der Waals surface area contributed by atoms with Crippen molar-refractivity contribution in [1.29, 1.82) is 0 Å². The summed E-state index contributed by atoms with van der Waals surface area (Å²) < 4.78 is 11.0. The lowest BCUT2D eigenvalue weighted by Gasteiger charge is -2.24. The van der Waals surface area contributed by atoms with Crippen molar-refractivity contribution in [3.63, 3.8) is 0 Å². The fourth-order valence-corrected chi connectivity index (χ4v) is 4.73. The molecule has 0 saturated carbocycles. The molecule has 0 heterocycles. The molecule has 1 N–H and O–H groups in total. The zero-order valence-electron chi connectivity index (χ0n) is 24.9. The monoisotopic (exact) mass is 578 g/mol. The molecular formula is C36H38N2O5. The van der Waals surface area contributed by atoms with Crippen molar-refractivity contribution in [1.82, 2.24) is 0 Å². The molecule has 0 radical (unpaired) electrons. The van der Waals surface area contributed by atoms with Gasteiger partial charge in [0.15, 0.2) is 5.78 Å². The van der Waals surface area contributed by atoms with Gasteiger partial charge in [-0.25, -0.2) is 4.79 Å². The van der Waals surface area contributed by atoms with Crippen molar-refractivity contribution in [3.8, 4) is 5.75 Å². The molecule has 0 aromatic heterocycles. The van der Waals surface area contributed by atoms with Gasteiger partial charge in [-0.15, -0.1) is 0 Å². The van der Waals surface area contributed by atoms with Gasteiger partial charge in [-0.05, 0) is 48.4 Å². The van der Waals surface area contributed by atoms with Crippen LogP contribution < -0.4 is 15.0 Å². The van der Waals surface area contributed by atoms with E-state index in [1.165, 1.54) is 7.11 Å². The van der Waals surface area contributed by atoms with Crippen molar-refractivity contribution >= 4 is 29.0 Å². The molecule has 1 unspecified atom stereocenters. The number of esters is 1. The maximum absolute atomic E-state index is 13.2. The van der Waals surface area contributed by atoms with Crippen LogP contribution in [0.2, 0.25) is 0 Å². The quantitative estimate of drug-likeness (QED) is 0.103. The van der Waals surface area contributed by atoms with Gasteiger partial charge in [-0.3, -0.25) is 9.59 Å². The molecule has 0 fully saturated rings. The van der Waals surface area contributed by atoms with Gasteiger partial charge in [0, 0.05) is 41.4 Å². The SMILES string of the molecule is COC(=O)C(Cc1ccc(OCCCN(C(=O)C(C)C)c2ccccc2)cc1)Nc1ccccc1C(=O)c1ccccc1. The summed E-state index contributed by atoms with van der Waals surface area (Å²) in [5, 5.41) is 3.24. The van der Waals surface area contributed by atoms with Gasteiger partial charge in [0.1, 0.15) is 11.8 Å². The van der Waals surface area contributed by atoms with Crippen molar-refractivity contribution in [2.24, 2.45) is 5.92 Å². The molecular weight excluding hydrogens is 540 g/mol. The highest BCUT2D eigenvalue weighted by molar-refractivity contribution is 6.12. The van der Waals surface area contributed by atoms with Crippen LogP contribution in [-0.4, -0.2) is 44.0 Å². The molecule has 1 amide bonds. The van der Waals surface area contributed by atoms with Gasteiger partial charge in [0.05, 0.1) is 13.7 Å². The van der Waals surface area contributed by atoms with Crippen LogP contribution in [0.15, 0.2) is 109 Å². The topological polar surface area (TPSA) is 84.9 Å². The van der Waals surface area contributed by atoms with Crippen molar-refractivity contribution in [2.75, 3.05) is 30.5 Å². The van der Waals surface area contributed by atoms with Crippen LogP contribution in [0, 0.1) is 5.92 Å². The minimum Gasteiger partial charge on any atom is -0.494 e. The summed E-state index contributed by atoms with van der Waals surface area (Å²) in [7, 11) is 1.35. The lowest BCUT2D eigenvalue weighted by atomic mass is 10.00. The number of hydrogen-bond acceptors (Lipinski definition) is 6. The number of nitrogens with one attached hydrogen (secondary N) is 1. The van der Waals surface area contributed by atoms with Crippen molar-refractivity contribution < 1.29 is 23.9 Å². The van der Waals surface area contributed by atoms with Gasteiger partial charge in [-0.2, -0.15) is 0 Å². The molecule has 222 valence electrons. The summed E-state index contributed by atoms with van der Waals surface area (Å²) >= 11 is 0. The van der Waals surface area contributed by atoms with E-state index < -0.39 is 12.0 Å². The Morgan fingerprint density at radius 3 is 2.07 bits per heavy atom. The molecule has 43 heavy (non-hydrogen) atoms. The molecule has 0 saturated heterocycles. The van der Waals surface area contributed by atoms with E-state index in [1.807, 2.05) is 97.6 Å². The van der Waals surface area contributed by atoms with Gasteiger partial charge >= 0.3 is 5.97 Å². The molecule has 1 atom stereocenters. The highest BCUT2D eigenvalue weighted by atomic mass is 16.5. The Labute approximate surface area is 253 Å². The summed E-state index contributed by atoms with van der Waals surface area (Å²) in [5.74, 6) is 0.119. The molecule has 0 aliphatic heterocycles. The third kappa shape index (κ3) is 8.55. The van der Waals surface area contributed by atoms with E-state index >= 15 is 0 Å². The Morgan fingerprint density at radius 1 is 0.791 bits per heavy atom. The van der Waals surface area contributed by atoms with E-state index in [0.29, 0.717) is 48.6 Å². The van der Waals surface area contributed by atoms with Crippen LogP contribution in [-0.2, 0) is 20.7 Å². The minimum absolute atomic E-state index is 0.0800. The summed E-state index contributed by atoms with van der Waals surface area (Å²) in [6, 6.07) is 32.7. The number of carbonyl (C=O) groups excluding carboxylic acids is 3. The Kier molecular flexibility index (Phi) is 11.1. The molecule has 0 aliphatic carbocycles. The average molecular weight is 579 g/mol. The fraction of sp³-hybridized carbons (Fsp3) is 0.250. The number of para-hydroxylation sites is 2. The van der Waals surface area contributed by atoms with Crippen LogP contribution in [0.4, 0.5) is 11.4 Å². The molecule has 0 spiro atoms. The number of carbonyl (C=O) groups is 3. The predicted molar refractivity (Wildman–Crippen MR) is 170 cm³/mol. The van der Waals surface area contributed by atoms with Crippen LogP contribution in [0.25, 0.3) is 0 Å². The minimum atomic E-state index is -0.705. The van der Waals surface area contributed by atoms with E-state index in [2.05, 4.69) is 5.32 Å². The summed E-state index contributed by atoms with van der Waals surface area (Å²) in [6.45, 7) is 4.81. The Bertz CT molecular complexity index is 1490. The number of amides is 1. The Hall–Kier alpha value is -4.91. The summed E-state index contributed by atoms with van der Waals surface area (Å²) in [5.41, 5.74) is 3.40. The number of nitrogens with zero attached hydrogens (tertiary/aromatic N) is 1. The molecule has 4 aromatic rings. The standard InChI is InChI=1S/C36H38N2O5/c1-26(2)35(40)38(29-15-8-5-9-16-29)23-12-24-43-30-21-19-27(20-22-30)25-33(36(41)42-3)37-32-18-11-10-17-31(32)34(39)28-13-6-4-7-14-28/h4-11,13-22,26,33,37H,12,23-25H2,1-3H3. The first-order valence-corrected chi connectivity index (χ1v) is 14.5. The second kappa shape index (κ2) is 15.4. The maximum atomic E-state index is 13.2. The number of methoxy groups -OCH3 is 1. The molecule has 4 aromatic carbocycles. The van der Waals surface area contributed by atoms with Crippen LogP contribution >= 0.6 is 0 Å². The lowest BCUT2D eigenvalue weighted by Crippen LogP contribution is -2.35. The Balaban J connectivity index is 1.37. The van der Waals surface area contributed by atoms with Crippen molar-refractivity contribution in [2.45, 2.75) is 32.7 Å². The third-order valence-electron chi connectivity index (χ3n) is 7.01. The predicted octanol–water partition coefficient (Wildman–Crippen LogP) is 6.57. The smallest absolute Gasteiger partial charge is 0.328 e. The molecule has 0 aliphatic rings. The van der Waals surface area contributed by atoms with Gasteiger partial charge in [-0.1, -0.05) is 86.6 Å². The second-order valence-corrected chi connectivity index (χ2v) is 10.5. The largest absolute Gasteiger partial charge is 0.494 e. The molecule has 7 nitrogen and oxygen atoms in total. The zero-order chi connectivity index (χ0) is 30.6. The number of anilines is 2. The number of benzene rings is 4. The highest BCUT2D eigenvalue weighted by Crippen LogP contribution is 2.23. The van der Waals surface area contributed by atoms with Gasteiger partial charge < -0.3 is 19.7 Å². The first-order chi connectivity index (χ1) is 20.9. The molecule has 0 bridgehead atoms. The zero-order valence-corrected chi connectivity index (χ0v) is 24.9. The Morgan fingerprint density at radius 2 is 1.42 bits per heavy atom. The molecule has 7 heteroatoms. The number of ketones is 1. The number of hydrogen-bond donors (Lipinski definition) is 1. The van der Waals surface area contributed by atoms with Crippen LogP contribution in [0.1, 0.15) is 41.8 Å². The van der Waals surface area contributed by atoms with E-state index in [4.69, 9.17) is 9.47 Å². The van der Waals surface area contributed by atoms with Crippen molar-refractivity contribution in [3.05, 3.63) is 126 Å². The van der Waals surface area contributed by atoms with E-state index in [-0.39, 0.29) is 17.6 Å². The second-order valence-electron chi connectivity index (χ2n) is 10.5. The van der Waals surface area contributed by atoms with E-state index in [1.54, 1.807) is 30.3 Å². The van der Waals surface area contributed by atoms with Gasteiger partial charge in [0.25, 0.3) is 0 Å². The first-order valence-electron chi connectivity index (χ1n) is 14.5. The fourth-order valence-electron chi connectivity index (χ4n) is 4.73. The average Bonchev–Trinajstić information content (AvgIpc) is 3.05. The lowest BCUT2D eigenvalue weighted by molar-refractivity contribution is -0.141. The summed E-state index contributed by atoms with van der Waals surface area (Å²) in [4.78, 5) is 40.5. The molecule has 4 rings (SSSR count). The van der Waals surface area contributed by atoms with Crippen LogP contribution in [0.3, 0.4) is 0 Å².